The Labute approximate surface area is 159 Å². The van der Waals surface area contributed by atoms with Crippen LogP contribution in [0.25, 0.3) is 0 Å². The highest BCUT2D eigenvalue weighted by molar-refractivity contribution is 6.45. The number of carbonyl (C=O) groups excluding carboxylic acids is 1. The lowest BCUT2D eigenvalue weighted by Crippen LogP contribution is -2.58. The van der Waals surface area contributed by atoms with Gasteiger partial charge in [0.2, 0.25) is 0 Å². The fourth-order valence-electron chi connectivity index (χ4n) is 3.47. The standard InChI is InChI=1S/C16H19F3N4O2.CH2O2/c17-16(18,19)25-12-3-1-2-10(13(12)20)14(21)15(24)22-11-8-23-6-4-9(11)5-7-23;2-1-3/h1-3,9,11,21H,4-8,20H2,(H,22,24);1H,(H,2,3)/t11-;/m1./s1. The van der Waals surface area contributed by atoms with Crippen LogP contribution in [0.15, 0.2) is 18.2 Å². The molecule has 8 nitrogen and oxygen atoms in total. The van der Waals surface area contributed by atoms with Gasteiger partial charge in [-0.1, -0.05) is 12.1 Å². The van der Waals surface area contributed by atoms with Gasteiger partial charge in [-0.2, -0.15) is 0 Å². The summed E-state index contributed by atoms with van der Waals surface area (Å²) >= 11 is 0. The van der Waals surface area contributed by atoms with Crippen molar-refractivity contribution in [3.63, 3.8) is 0 Å². The van der Waals surface area contributed by atoms with Gasteiger partial charge in [-0.25, -0.2) is 0 Å². The summed E-state index contributed by atoms with van der Waals surface area (Å²) in [4.78, 5) is 23.0. The number of nitrogen functional groups attached to an aromatic ring is 1. The number of anilines is 1. The van der Waals surface area contributed by atoms with Gasteiger partial charge in [0.15, 0.2) is 5.75 Å². The molecule has 0 unspecified atom stereocenters. The summed E-state index contributed by atoms with van der Waals surface area (Å²) in [5.41, 5.74) is 4.73. The van der Waals surface area contributed by atoms with E-state index in [9.17, 15) is 18.0 Å². The molecule has 3 fully saturated rings. The Morgan fingerprint density at radius 2 is 1.96 bits per heavy atom. The molecule has 0 aromatic heterocycles. The number of carbonyl (C=O) groups is 2. The van der Waals surface area contributed by atoms with Crippen LogP contribution >= 0.6 is 0 Å². The lowest BCUT2D eigenvalue weighted by atomic mass is 9.84. The highest BCUT2D eigenvalue weighted by atomic mass is 19.4. The lowest BCUT2D eigenvalue weighted by molar-refractivity contribution is -0.274. The Hall–Kier alpha value is -2.82. The van der Waals surface area contributed by atoms with Crippen LogP contribution in [0.1, 0.15) is 18.4 Å². The summed E-state index contributed by atoms with van der Waals surface area (Å²) in [5, 5.41) is 17.7. The first-order chi connectivity index (χ1) is 13.2. The minimum absolute atomic E-state index is 0.0498. The molecule has 0 aliphatic carbocycles. The summed E-state index contributed by atoms with van der Waals surface area (Å²) in [7, 11) is 0. The number of piperidine rings is 3. The molecule has 154 valence electrons. The predicted molar refractivity (Wildman–Crippen MR) is 94.2 cm³/mol. The zero-order chi connectivity index (χ0) is 20.9. The van der Waals surface area contributed by atoms with Gasteiger partial charge < -0.3 is 25.8 Å². The number of rotatable bonds is 4. The monoisotopic (exact) mass is 402 g/mol. The maximum absolute atomic E-state index is 12.4. The molecule has 0 saturated carbocycles. The Balaban J connectivity index is 0.000000878. The number of nitrogens with one attached hydrogen (secondary N) is 2. The van der Waals surface area contributed by atoms with Crippen molar-refractivity contribution in [2.75, 3.05) is 25.4 Å². The normalized spacial score (nSPS) is 23.2. The van der Waals surface area contributed by atoms with E-state index in [-0.39, 0.29) is 23.8 Å². The molecule has 2 bridgehead atoms. The maximum Gasteiger partial charge on any atom is 0.573 e. The number of fused-ring (bicyclic) bond motifs is 3. The minimum Gasteiger partial charge on any atom is -0.483 e. The molecule has 4 rings (SSSR count). The molecule has 3 saturated heterocycles. The number of halogens is 3. The molecule has 1 amide bonds. The third kappa shape index (κ3) is 5.35. The second kappa shape index (κ2) is 8.91. The van der Waals surface area contributed by atoms with Crippen molar-refractivity contribution in [1.82, 2.24) is 10.2 Å². The zero-order valence-corrected chi connectivity index (χ0v) is 14.8. The van der Waals surface area contributed by atoms with Crippen LogP contribution in [0, 0.1) is 11.3 Å². The van der Waals surface area contributed by atoms with E-state index in [4.69, 9.17) is 21.0 Å². The van der Waals surface area contributed by atoms with Gasteiger partial charge in [-0.05, 0) is 37.9 Å². The third-order valence-electron chi connectivity index (χ3n) is 4.76. The fraction of sp³-hybridized carbons (Fsp3) is 0.471. The Morgan fingerprint density at radius 1 is 1.36 bits per heavy atom. The lowest BCUT2D eigenvalue weighted by Gasteiger charge is -2.44. The molecule has 1 atom stereocenters. The van der Waals surface area contributed by atoms with Gasteiger partial charge in [-0.15, -0.1) is 13.2 Å². The zero-order valence-electron chi connectivity index (χ0n) is 14.8. The number of carboxylic acid groups (broad SMARTS) is 1. The SMILES string of the molecule is N=C(C(=O)N[C@@H]1CN2CCC1CC2)c1cccc(OC(F)(F)F)c1N.O=CO. The second-order valence-electron chi connectivity index (χ2n) is 6.46. The number of benzene rings is 1. The number of para-hydroxylation sites is 1. The maximum atomic E-state index is 12.4. The molecule has 11 heteroatoms. The van der Waals surface area contributed by atoms with E-state index in [1.807, 2.05) is 0 Å². The van der Waals surface area contributed by atoms with Crippen LogP contribution in [-0.2, 0) is 9.59 Å². The molecule has 5 N–H and O–H groups in total. The molecular weight excluding hydrogens is 381 g/mol. The molecule has 1 aromatic rings. The molecule has 28 heavy (non-hydrogen) atoms. The van der Waals surface area contributed by atoms with Gasteiger partial charge >= 0.3 is 6.36 Å². The predicted octanol–water partition coefficient (Wildman–Crippen LogP) is 1.45. The molecule has 3 heterocycles. The highest BCUT2D eigenvalue weighted by Crippen LogP contribution is 2.31. The average Bonchev–Trinajstić information content (AvgIpc) is 2.63. The van der Waals surface area contributed by atoms with Gasteiger partial charge in [-0.3, -0.25) is 15.0 Å². The topological polar surface area (TPSA) is 129 Å². The van der Waals surface area contributed by atoms with E-state index in [0.29, 0.717) is 5.92 Å². The van der Waals surface area contributed by atoms with Crippen molar-refractivity contribution in [1.29, 1.82) is 5.41 Å². The fourth-order valence-corrected chi connectivity index (χ4v) is 3.47. The van der Waals surface area contributed by atoms with E-state index in [1.165, 1.54) is 12.1 Å². The average molecular weight is 402 g/mol. The van der Waals surface area contributed by atoms with E-state index in [0.717, 1.165) is 38.5 Å². The van der Waals surface area contributed by atoms with Crippen LogP contribution in [0.2, 0.25) is 0 Å². The molecular formula is C17H21F3N4O4. The number of ether oxygens (including phenoxy) is 1. The van der Waals surface area contributed by atoms with Crippen molar-refractivity contribution in [2.45, 2.75) is 25.2 Å². The first-order valence-electron chi connectivity index (χ1n) is 8.50. The van der Waals surface area contributed by atoms with Crippen molar-refractivity contribution >= 4 is 23.8 Å². The van der Waals surface area contributed by atoms with Crippen LogP contribution in [0.3, 0.4) is 0 Å². The van der Waals surface area contributed by atoms with Crippen molar-refractivity contribution in [3.8, 4) is 5.75 Å². The number of hydrogen-bond acceptors (Lipinski definition) is 6. The Morgan fingerprint density at radius 3 is 2.46 bits per heavy atom. The van der Waals surface area contributed by atoms with E-state index < -0.39 is 23.7 Å². The Kier molecular flexibility index (Phi) is 6.84. The van der Waals surface area contributed by atoms with Crippen LogP contribution in [0.5, 0.6) is 5.75 Å². The molecule has 0 spiro atoms. The van der Waals surface area contributed by atoms with Crippen LogP contribution in [0.4, 0.5) is 18.9 Å². The van der Waals surface area contributed by atoms with Crippen molar-refractivity contribution in [2.24, 2.45) is 5.92 Å². The van der Waals surface area contributed by atoms with Gasteiger partial charge in [0, 0.05) is 18.2 Å². The van der Waals surface area contributed by atoms with Gasteiger partial charge in [0.05, 0.1) is 5.69 Å². The van der Waals surface area contributed by atoms with E-state index in [2.05, 4.69) is 15.0 Å². The largest absolute Gasteiger partial charge is 0.573 e. The molecule has 3 aliphatic rings. The molecule has 3 aliphatic heterocycles. The van der Waals surface area contributed by atoms with Gasteiger partial charge in [0.25, 0.3) is 12.4 Å². The number of amides is 1. The summed E-state index contributed by atoms with van der Waals surface area (Å²) in [6.45, 7) is 2.51. The first-order valence-corrected chi connectivity index (χ1v) is 8.50. The number of nitrogens with two attached hydrogens (primary N) is 1. The number of nitrogens with zero attached hydrogens (tertiary/aromatic N) is 1. The van der Waals surface area contributed by atoms with Crippen molar-refractivity contribution in [3.05, 3.63) is 23.8 Å². The minimum atomic E-state index is -4.90. The number of alkyl halides is 3. The van der Waals surface area contributed by atoms with Gasteiger partial charge in [0.1, 0.15) is 5.71 Å². The van der Waals surface area contributed by atoms with Crippen molar-refractivity contribution < 1.29 is 32.6 Å². The summed E-state index contributed by atoms with van der Waals surface area (Å²) in [6, 6.07) is 3.59. The quantitative estimate of drug-likeness (QED) is 0.343. The smallest absolute Gasteiger partial charge is 0.483 e. The molecule has 0 radical (unpaired) electrons. The number of hydrogen-bond donors (Lipinski definition) is 4. The first kappa shape index (κ1) is 21.5. The van der Waals surface area contributed by atoms with Crippen LogP contribution < -0.4 is 15.8 Å². The summed E-state index contributed by atoms with van der Waals surface area (Å²) < 4.78 is 41.0. The summed E-state index contributed by atoms with van der Waals surface area (Å²) in [6.07, 6.45) is -2.91. The highest BCUT2D eigenvalue weighted by Gasteiger charge is 2.36. The van der Waals surface area contributed by atoms with E-state index in [1.54, 1.807) is 0 Å². The summed E-state index contributed by atoms with van der Waals surface area (Å²) in [5.74, 6) is -0.890. The second-order valence-corrected chi connectivity index (χ2v) is 6.46. The third-order valence-corrected chi connectivity index (χ3v) is 4.76. The molecule has 1 aromatic carbocycles. The van der Waals surface area contributed by atoms with Crippen LogP contribution in [-0.4, -0.2) is 60.1 Å². The van der Waals surface area contributed by atoms with E-state index >= 15 is 0 Å². The Bertz CT molecular complexity index is 734.